The molecule has 0 aliphatic rings. The summed E-state index contributed by atoms with van der Waals surface area (Å²) in [5.41, 5.74) is -4.22. The van der Waals surface area contributed by atoms with E-state index in [-0.39, 0.29) is 35.8 Å². The topological polar surface area (TPSA) is 47.0 Å². The highest BCUT2D eigenvalue weighted by Gasteiger charge is 2.27. The predicted molar refractivity (Wildman–Crippen MR) is 64.8 cm³/mol. The second-order valence-corrected chi connectivity index (χ2v) is 4.69. The van der Waals surface area contributed by atoms with Gasteiger partial charge in [-0.2, -0.15) is 13.2 Å². The molecule has 0 aromatic carbocycles. The molecule has 9 heteroatoms. The molecule has 0 amide bonds. The number of hydrogen-bond donors (Lipinski definition) is 1. The quantitative estimate of drug-likeness (QED) is 0.646. The number of rotatable bonds is 6. The van der Waals surface area contributed by atoms with Crippen LogP contribution in [0.25, 0.3) is 0 Å². The summed E-state index contributed by atoms with van der Waals surface area (Å²) in [5.74, 6) is 0.644. The molecular weight excluding hydrogens is 291 g/mol. The first kappa shape index (κ1) is 15.3. The minimum Gasteiger partial charge on any atom is -0.377 e. The first-order chi connectivity index (χ1) is 8.40. The molecule has 1 aromatic heterocycles. The van der Waals surface area contributed by atoms with E-state index in [0.717, 1.165) is 0 Å². The first-order valence-corrected chi connectivity index (χ1v) is 6.24. The summed E-state index contributed by atoms with van der Waals surface area (Å²) in [6, 6.07) is 1.44. The van der Waals surface area contributed by atoms with Crippen LogP contribution in [0.5, 0.6) is 0 Å². The fraction of sp³-hybridized carbons (Fsp3) is 0.556. The number of nitrogens with one attached hydrogen (secondary N) is 1. The number of methoxy groups -OCH3 is 1. The minimum absolute atomic E-state index is 0.0921. The van der Waals surface area contributed by atoms with E-state index in [4.69, 9.17) is 16.3 Å². The molecule has 0 spiro atoms. The van der Waals surface area contributed by atoms with Gasteiger partial charge in [0.2, 0.25) is 0 Å². The number of alkyl halides is 3. The molecule has 1 rings (SSSR count). The zero-order chi connectivity index (χ0) is 13.6. The summed E-state index contributed by atoms with van der Waals surface area (Å²) in [6.45, 7) is 0.316. The monoisotopic (exact) mass is 301 g/mol. The normalized spacial score (nSPS) is 11.6. The van der Waals surface area contributed by atoms with Gasteiger partial charge < -0.3 is 10.1 Å². The Balaban J connectivity index is 2.46. The highest BCUT2D eigenvalue weighted by atomic mass is 35.5. The number of halogens is 4. The largest absolute Gasteiger partial charge is 0.441 e. The summed E-state index contributed by atoms with van der Waals surface area (Å²) in [4.78, 5) is 7.93. The maximum Gasteiger partial charge on any atom is 0.441 e. The molecule has 0 saturated heterocycles. The van der Waals surface area contributed by atoms with Gasteiger partial charge in [-0.05, 0) is 11.8 Å². The molecule has 18 heavy (non-hydrogen) atoms. The van der Waals surface area contributed by atoms with Crippen molar-refractivity contribution in [3.8, 4) is 0 Å². The van der Waals surface area contributed by atoms with Gasteiger partial charge in [0, 0.05) is 25.5 Å². The first-order valence-electron chi connectivity index (χ1n) is 4.87. The van der Waals surface area contributed by atoms with Gasteiger partial charge in [-0.1, -0.05) is 11.6 Å². The standard InChI is InChI=1S/C9H11ClF3N3OS/c1-17-5-8-15-6(10)4-7(16-8)14-2-3-18-9(11,12)13/h4H,2-3,5H2,1H3,(H,14,15,16). The molecule has 4 nitrogen and oxygen atoms in total. The van der Waals surface area contributed by atoms with Crippen LogP contribution in [0.3, 0.4) is 0 Å². The van der Waals surface area contributed by atoms with Crippen LogP contribution in [0.2, 0.25) is 5.15 Å². The Hall–Kier alpha value is -0.730. The van der Waals surface area contributed by atoms with Gasteiger partial charge >= 0.3 is 5.51 Å². The Bertz CT molecular complexity index is 392. The van der Waals surface area contributed by atoms with Crippen LogP contribution in [-0.4, -0.2) is 34.9 Å². The molecule has 0 unspecified atom stereocenters. The molecule has 1 heterocycles. The van der Waals surface area contributed by atoms with Crippen molar-refractivity contribution in [3.05, 3.63) is 17.0 Å². The van der Waals surface area contributed by atoms with Crippen LogP contribution in [-0.2, 0) is 11.3 Å². The third kappa shape index (κ3) is 6.27. The summed E-state index contributed by atoms with van der Waals surface area (Å²) in [5, 5.41) is 2.96. The van der Waals surface area contributed by atoms with E-state index in [2.05, 4.69) is 15.3 Å². The highest BCUT2D eigenvalue weighted by molar-refractivity contribution is 8.00. The van der Waals surface area contributed by atoms with Crippen LogP contribution in [0.1, 0.15) is 5.82 Å². The smallest absolute Gasteiger partial charge is 0.377 e. The van der Waals surface area contributed by atoms with E-state index in [9.17, 15) is 13.2 Å². The molecule has 0 saturated carbocycles. The lowest BCUT2D eigenvalue weighted by atomic mass is 10.5. The maximum atomic E-state index is 11.9. The molecule has 0 aliphatic carbocycles. The fourth-order valence-electron chi connectivity index (χ4n) is 1.09. The van der Waals surface area contributed by atoms with Crippen LogP contribution in [0.4, 0.5) is 19.0 Å². The van der Waals surface area contributed by atoms with Crippen LogP contribution >= 0.6 is 23.4 Å². The van der Waals surface area contributed by atoms with Crippen molar-refractivity contribution < 1.29 is 17.9 Å². The molecule has 0 aliphatic heterocycles. The van der Waals surface area contributed by atoms with Crippen molar-refractivity contribution in [1.82, 2.24) is 9.97 Å². The van der Waals surface area contributed by atoms with Crippen LogP contribution in [0, 0.1) is 0 Å². The van der Waals surface area contributed by atoms with Crippen molar-refractivity contribution >= 4 is 29.2 Å². The molecule has 0 radical (unpaired) electrons. The Labute approximate surface area is 111 Å². The van der Waals surface area contributed by atoms with Crippen LogP contribution in [0.15, 0.2) is 6.07 Å². The average Bonchev–Trinajstić information content (AvgIpc) is 2.23. The van der Waals surface area contributed by atoms with Gasteiger partial charge in [-0.3, -0.25) is 0 Å². The van der Waals surface area contributed by atoms with Crippen molar-refractivity contribution in [3.63, 3.8) is 0 Å². The van der Waals surface area contributed by atoms with Crippen molar-refractivity contribution in [2.75, 3.05) is 24.7 Å². The van der Waals surface area contributed by atoms with E-state index in [1.807, 2.05) is 0 Å². The van der Waals surface area contributed by atoms with E-state index < -0.39 is 5.51 Å². The second kappa shape index (κ2) is 7.01. The van der Waals surface area contributed by atoms with Gasteiger partial charge in [0.15, 0.2) is 5.82 Å². The number of ether oxygens (including phenoxy) is 1. The SMILES string of the molecule is COCc1nc(Cl)cc(NCCSC(F)(F)F)n1. The molecule has 0 bridgehead atoms. The van der Waals surface area contributed by atoms with Gasteiger partial charge in [0.25, 0.3) is 0 Å². The molecule has 1 N–H and O–H groups in total. The number of hydrogen-bond acceptors (Lipinski definition) is 5. The lowest BCUT2D eigenvalue weighted by Gasteiger charge is -2.08. The van der Waals surface area contributed by atoms with Gasteiger partial charge in [0.05, 0.1) is 0 Å². The zero-order valence-corrected chi connectivity index (χ0v) is 11.0. The molecule has 1 aromatic rings. The van der Waals surface area contributed by atoms with Gasteiger partial charge in [-0.25, -0.2) is 9.97 Å². The third-order valence-electron chi connectivity index (χ3n) is 1.69. The van der Waals surface area contributed by atoms with E-state index >= 15 is 0 Å². The van der Waals surface area contributed by atoms with Gasteiger partial charge in [0.1, 0.15) is 17.6 Å². The van der Waals surface area contributed by atoms with Crippen molar-refractivity contribution in [2.45, 2.75) is 12.1 Å². The second-order valence-electron chi connectivity index (χ2n) is 3.15. The Morgan fingerprint density at radius 1 is 1.44 bits per heavy atom. The average molecular weight is 302 g/mol. The highest BCUT2D eigenvalue weighted by Crippen LogP contribution is 2.29. The number of nitrogens with zero attached hydrogens (tertiary/aromatic N) is 2. The zero-order valence-electron chi connectivity index (χ0n) is 9.42. The maximum absolute atomic E-state index is 11.9. The third-order valence-corrected chi connectivity index (χ3v) is 2.62. The number of aromatic nitrogens is 2. The lowest BCUT2D eigenvalue weighted by molar-refractivity contribution is -0.0327. The number of anilines is 1. The minimum atomic E-state index is -4.22. The predicted octanol–water partition coefficient (Wildman–Crippen LogP) is 2.94. The summed E-state index contributed by atoms with van der Waals surface area (Å²) < 4.78 is 40.5. The Morgan fingerprint density at radius 2 is 2.17 bits per heavy atom. The van der Waals surface area contributed by atoms with E-state index in [1.165, 1.54) is 13.2 Å². The lowest BCUT2D eigenvalue weighted by Crippen LogP contribution is -2.11. The fourth-order valence-corrected chi connectivity index (χ4v) is 1.73. The van der Waals surface area contributed by atoms with Crippen molar-refractivity contribution in [2.24, 2.45) is 0 Å². The van der Waals surface area contributed by atoms with Crippen LogP contribution < -0.4 is 5.32 Å². The summed E-state index contributed by atoms with van der Waals surface area (Å²) in [7, 11) is 1.48. The number of thioether (sulfide) groups is 1. The molecule has 0 atom stereocenters. The molecular formula is C9H11ClF3N3OS. The van der Waals surface area contributed by atoms with Crippen molar-refractivity contribution in [1.29, 1.82) is 0 Å². The molecule has 102 valence electrons. The van der Waals surface area contributed by atoms with Gasteiger partial charge in [-0.15, -0.1) is 0 Å². The summed E-state index contributed by atoms with van der Waals surface area (Å²) in [6.07, 6.45) is 0. The van der Waals surface area contributed by atoms with E-state index in [0.29, 0.717) is 11.6 Å². The Kier molecular flexibility index (Phi) is 5.97. The summed E-state index contributed by atoms with van der Waals surface area (Å²) >= 11 is 5.65. The Morgan fingerprint density at radius 3 is 2.78 bits per heavy atom. The van der Waals surface area contributed by atoms with E-state index in [1.54, 1.807) is 0 Å². The molecule has 0 fully saturated rings.